The number of hydrogen-bond donors (Lipinski definition) is 2. The van der Waals surface area contributed by atoms with E-state index in [0.717, 1.165) is 23.2 Å². The number of nitrogens with zero attached hydrogens (tertiary/aromatic N) is 4. The molecule has 9 heteroatoms. The number of benzene rings is 2. The minimum Gasteiger partial charge on any atom is -0.397 e. The van der Waals surface area contributed by atoms with Crippen LogP contribution in [0, 0.1) is 18.3 Å². The first-order valence-corrected chi connectivity index (χ1v) is 13.3. The van der Waals surface area contributed by atoms with Crippen LogP contribution >= 0.6 is 22.9 Å². The molecule has 0 atom stereocenters. The number of amides is 1. The highest BCUT2D eigenvalue weighted by Gasteiger charge is 2.29. The fourth-order valence-corrected chi connectivity index (χ4v) is 6.10. The number of carbonyl (C=O) groups excluding carboxylic acids is 1. The van der Waals surface area contributed by atoms with Crippen molar-refractivity contribution in [3.8, 4) is 17.2 Å². The Bertz CT molecular complexity index is 1550. The molecular formula is C28H27ClN6OS. The molecule has 3 heterocycles. The van der Waals surface area contributed by atoms with Crippen LogP contribution in [0.1, 0.15) is 33.3 Å². The van der Waals surface area contributed by atoms with Gasteiger partial charge in [0.15, 0.2) is 0 Å². The van der Waals surface area contributed by atoms with Crippen LogP contribution in [0.5, 0.6) is 0 Å². The SMILES string of the molecule is CCc1ccc(-c2c(C#N)c(N)nc3sc(C(=O)N4CCN(c5cc(Cl)ccc5C)CC4)c(N)c23)cc1. The summed E-state index contributed by atoms with van der Waals surface area (Å²) in [6.45, 7) is 6.64. The average molecular weight is 531 g/mol. The largest absolute Gasteiger partial charge is 0.397 e. The molecule has 0 unspecified atom stereocenters. The molecule has 2 aromatic heterocycles. The zero-order valence-corrected chi connectivity index (χ0v) is 22.3. The lowest BCUT2D eigenvalue weighted by Gasteiger charge is -2.36. The van der Waals surface area contributed by atoms with Crippen molar-refractivity contribution in [2.45, 2.75) is 20.3 Å². The molecule has 0 radical (unpaired) electrons. The lowest BCUT2D eigenvalue weighted by atomic mass is 9.96. The van der Waals surface area contributed by atoms with Crippen molar-refractivity contribution < 1.29 is 4.79 Å². The Morgan fingerprint density at radius 3 is 2.49 bits per heavy atom. The Hall–Kier alpha value is -3.80. The van der Waals surface area contributed by atoms with Crippen molar-refractivity contribution >= 4 is 56.3 Å². The molecule has 0 saturated carbocycles. The zero-order valence-electron chi connectivity index (χ0n) is 20.7. The van der Waals surface area contributed by atoms with Crippen LogP contribution in [0.2, 0.25) is 5.02 Å². The summed E-state index contributed by atoms with van der Waals surface area (Å²) in [5.74, 6) is 0.00245. The number of fused-ring (bicyclic) bond motifs is 1. The molecule has 1 amide bonds. The number of hydrogen-bond acceptors (Lipinski definition) is 7. The van der Waals surface area contributed by atoms with Crippen molar-refractivity contribution in [2.24, 2.45) is 0 Å². The van der Waals surface area contributed by atoms with Crippen molar-refractivity contribution in [3.63, 3.8) is 0 Å². The van der Waals surface area contributed by atoms with Gasteiger partial charge in [0.2, 0.25) is 0 Å². The Kier molecular flexibility index (Phi) is 6.67. The molecule has 1 fully saturated rings. The lowest BCUT2D eigenvalue weighted by Crippen LogP contribution is -2.49. The maximum Gasteiger partial charge on any atom is 0.266 e. The molecule has 0 spiro atoms. The molecule has 7 nitrogen and oxygen atoms in total. The second kappa shape index (κ2) is 9.92. The Morgan fingerprint density at radius 2 is 1.84 bits per heavy atom. The molecule has 1 aliphatic rings. The predicted octanol–water partition coefficient (Wildman–Crippen LogP) is 5.49. The molecule has 37 heavy (non-hydrogen) atoms. The van der Waals surface area contributed by atoms with Gasteiger partial charge in [-0.15, -0.1) is 11.3 Å². The normalized spacial score (nSPS) is 13.7. The summed E-state index contributed by atoms with van der Waals surface area (Å²) in [5, 5.41) is 11.2. The fourth-order valence-electron chi connectivity index (χ4n) is 4.86. The van der Waals surface area contributed by atoms with Crippen molar-refractivity contribution in [3.05, 3.63) is 69.1 Å². The van der Waals surface area contributed by atoms with Crippen LogP contribution in [0.25, 0.3) is 21.3 Å². The summed E-state index contributed by atoms with van der Waals surface area (Å²) in [5.41, 5.74) is 18.3. The number of halogens is 1. The molecule has 0 aliphatic carbocycles. The fraction of sp³-hybridized carbons (Fsp3) is 0.250. The monoisotopic (exact) mass is 530 g/mol. The Labute approximate surface area is 224 Å². The third-order valence-electron chi connectivity index (χ3n) is 6.94. The van der Waals surface area contributed by atoms with E-state index in [2.05, 4.69) is 29.8 Å². The van der Waals surface area contributed by atoms with Gasteiger partial charge in [0.25, 0.3) is 5.91 Å². The van der Waals surface area contributed by atoms with E-state index < -0.39 is 0 Å². The van der Waals surface area contributed by atoms with Crippen molar-refractivity contribution in [2.75, 3.05) is 42.5 Å². The van der Waals surface area contributed by atoms with Crippen LogP contribution < -0.4 is 16.4 Å². The smallest absolute Gasteiger partial charge is 0.266 e. The summed E-state index contributed by atoms with van der Waals surface area (Å²) in [4.78, 5) is 23.1. The summed E-state index contributed by atoms with van der Waals surface area (Å²) in [6.07, 6.45) is 0.905. The van der Waals surface area contributed by atoms with Gasteiger partial charge in [-0.3, -0.25) is 4.79 Å². The van der Waals surface area contributed by atoms with E-state index in [1.165, 1.54) is 16.9 Å². The second-order valence-corrected chi connectivity index (χ2v) is 10.6. The van der Waals surface area contributed by atoms with E-state index in [1.54, 1.807) is 0 Å². The van der Waals surface area contributed by atoms with Gasteiger partial charge in [-0.2, -0.15) is 5.26 Å². The van der Waals surface area contributed by atoms with Gasteiger partial charge < -0.3 is 21.3 Å². The van der Waals surface area contributed by atoms with Crippen LogP contribution in [0.3, 0.4) is 0 Å². The van der Waals surface area contributed by atoms with Gasteiger partial charge in [-0.1, -0.05) is 48.9 Å². The number of pyridine rings is 1. The maximum atomic E-state index is 13.6. The zero-order chi connectivity index (χ0) is 26.3. The van der Waals surface area contributed by atoms with Crippen molar-refractivity contribution in [1.29, 1.82) is 5.26 Å². The molecule has 2 aromatic carbocycles. The quantitative estimate of drug-likeness (QED) is 0.361. The minimum atomic E-state index is -0.132. The molecule has 1 aliphatic heterocycles. The van der Waals surface area contributed by atoms with Gasteiger partial charge in [-0.25, -0.2) is 4.98 Å². The number of aryl methyl sites for hydroxylation is 2. The first-order valence-electron chi connectivity index (χ1n) is 12.1. The van der Waals surface area contributed by atoms with E-state index in [4.69, 9.17) is 23.1 Å². The third-order valence-corrected chi connectivity index (χ3v) is 8.26. The van der Waals surface area contributed by atoms with Gasteiger partial charge in [-0.05, 0) is 42.2 Å². The standard InChI is InChI=1S/C28H27ClN6OS/c1-3-17-5-7-18(8-6-17)22-20(15-30)26(32)33-27-23(22)24(31)25(37-27)28(36)35-12-10-34(11-13-35)21-14-19(29)9-4-16(21)2/h4-9,14H,3,10-13,31H2,1-2H3,(H2,32,33). The lowest BCUT2D eigenvalue weighted by molar-refractivity contribution is 0.0752. The summed E-state index contributed by atoms with van der Waals surface area (Å²) in [6, 6.07) is 16.0. The highest BCUT2D eigenvalue weighted by molar-refractivity contribution is 7.21. The highest BCUT2D eigenvalue weighted by atomic mass is 35.5. The Balaban J connectivity index is 1.49. The predicted molar refractivity (Wildman–Crippen MR) is 152 cm³/mol. The van der Waals surface area contributed by atoms with Crippen LogP contribution in [-0.4, -0.2) is 42.0 Å². The number of nitrogen functional groups attached to an aromatic ring is 2. The van der Waals surface area contributed by atoms with E-state index >= 15 is 0 Å². The molecule has 0 bridgehead atoms. The molecule has 5 rings (SSSR count). The molecule has 188 valence electrons. The van der Waals surface area contributed by atoms with E-state index in [1.807, 2.05) is 47.4 Å². The number of nitriles is 1. The number of aromatic nitrogens is 1. The third kappa shape index (κ3) is 4.45. The summed E-state index contributed by atoms with van der Waals surface area (Å²) < 4.78 is 0. The highest BCUT2D eigenvalue weighted by Crippen LogP contribution is 2.43. The number of piperazine rings is 1. The van der Waals surface area contributed by atoms with Gasteiger partial charge in [0, 0.05) is 47.8 Å². The maximum absolute atomic E-state index is 13.6. The van der Waals surface area contributed by atoms with Crippen LogP contribution in [-0.2, 0) is 6.42 Å². The summed E-state index contributed by atoms with van der Waals surface area (Å²) in [7, 11) is 0. The van der Waals surface area contributed by atoms with Gasteiger partial charge >= 0.3 is 0 Å². The minimum absolute atomic E-state index is 0.132. The topological polar surface area (TPSA) is 112 Å². The number of carbonyl (C=O) groups is 1. The molecule has 4 aromatic rings. The summed E-state index contributed by atoms with van der Waals surface area (Å²) >= 11 is 7.45. The average Bonchev–Trinajstić information content (AvgIpc) is 3.24. The molecule has 1 saturated heterocycles. The first-order chi connectivity index (χ1) is 17.8. The number of nitrogens with two attached hydrogens (primary N) is 2. The number of thiophene rings is 1. The number of anilines is 3. The second-order valence-electron chi connectivity index (χ2n) is 9.14. The van der Waals surface area contributed by atoms with Crippen LogP contribution in [0.4, 0.5) is 17.2 Å². The van der Waals surface area contributed by atoms with E-state index in [0.29, 0.717) is 57.5 Å². The number of rotatable bonds is 4. The Morgan fingerprint density at radius 1 is 1.14 bits per heavy atom. The van der Waals surface area contributed by atoms with E-state index in [9.17, 15) is 10.1 Å². The van der Waals surface area contributed by atoms with Gasteiger partial charge in [0.05, 0.1) is 5.69 Å². The van der Waals surface area contributed by atoms with E-state index in [-0.39, 0.29) is 17.3 Å². The molecule has 4 N–H and O–H groups in total. The molecular weight excluding hydrogens is 504 g/mol. The van der Waals surface area contributed by atoms with Crippen molar-refractivity contribution in [1.82, 2.24) is 9.88 Å². The van der Waals surface area contributed by atoms with Gasteiger partial charge in [0.1, 0.15) is 27.2 Å². The first kappa shape index (κ1) is 24.9. The van der Waals surface area contributed by atoms with Crippen LogP contribution in [0.15, 0.2) is 42.5 Å².